The van der Waals surface area contributed by atoms with Gasteiger partial charge in [-0.3, -0.25) is 0 Å². The lowest BCUT2D eigenvalue weighted by Gasteiger charge is -2.43. The molecule has 0 aromatic carbocycles. The van der Waals surface area contributed by atoms with Gasteiger partial charge in [-0.15, -0.1) is 0 Å². The third kappa shape index (κ3) is 1.81. The van der Waals surface area contributed by atoms with E-state index in [2.05, 4.69) is 26.7 Å². The highest BCUT2D eigenvalue weighted by Gasteiger charge is 2.54. The van der Waals surface area contributed by atoms with Crippen molar-refractivity contribution in [3.63, 3.8) is 0 Å². The molecule has 0 aliphatic carbocycles. The molecule has 2 aliphatic rings. The second-order valence-electron chi connectivity index (χ2n) is 5.63. The second-order valence-corrected chi connectivity index (χ2v) is 14.8. The zero-order chi connectivity index (χ0) is 9.69. The minimum atomic E-state index is -0.694. The second kappa shape index (κ2) is 3.16. The number of hydrogen-bond acceptors (Lipinski definition) is 1. The van der Waals surface area contributed by atoms with Crippen LogP contribution in [0.1, 0.15) is 12.8 Å². The van der Waals surface area contributed by atoms with E-state index < -0.39 is 14.5 Å². The molecule has 2 bridgehead atoms. The fraction of sp³-hybridized carbons (Fsp3) is 1.00. The summed E-state index contributed by atoms with van der Waals surface area (Å²) in [5.41, 5.74) is 0. The van der Waals surface area contributed by atoms with Crippen LogP contribution in [0.15, 0.2) is 0 Å². The Hall–Kier alpha value is 0.820. The monoisotopic (exact) mass is 220 g/mol. The molecule has 76 valence electrons. The van der Waals surface area contributed by atoms with Crippen LogP contribution in [-0.2, 0) is 4.74 Å². The Bertz CT molecular complexity index is 191. The first-order chi connectivity index (χ1) is 5.92. The zero-order valence-electron chi connectivity index (χ0n) is 9.29. The zero-order valence-corrected chi connectivity index (χ0v) is 11.1. The molecule has 0 radical (unpaired) electrons. The van der Waals surface area contributed by atoms with Crippen molar-refractivity contribution >= 4 is 14.5 Å². The Morgan fingerprint density at radius 3 is 1.62 bits per heavy atom. The van der Waals surface area contributed by atoms with Crippen LogP contribution in [0, 0.1) is 0 Å². The van der Waals surface area contributed by atoms with Crippen molar-refractivity contribution in [2.24, 2.45) is 0 Å². The molecular weight excluding hydrogens is 198 g/mol. The molecule has 0 N–H and O–H groups in total. The van der Waals surface area contributed by atoms with Crippen molar-refractivity contribution in [3.05, 3.63) is 0 Å². The molecule has 3 heteroatoms. The van der Waals surface area contributed by atoms with Crippen molar-refractivity contribution in [2.75, 3.05) is 39.0 Å². The molecule has 0 amide bonds. The van der Waals surface area contributed by atoms with Gasteiger partial charge in [0.25, 0.3) is 0 Å². The maximum absolute atomic E-state index is 6.25. The molecule has 0 aromatic rings. The van der Waals surface area contributed by atoms with Crippen molar-refractivity contribution < 1.29 is 4.74 Å². The number of hydrogen-bond donors (Lipinski definition) is 0. The molecule has 0 aromatic heterocycles. The normalized spacial score (nSPS) is 41.5. The summed E-state index contributed by atoms with van der Waals surface area (Å²) in [5.74, 6) is 1.33. The van der Waals surface area contributed by atoms with Crippen molar-refractivity contribution in [1.29, 1.82) is 0 Å². The molecule has 0 saturated carbocycles. The van der Waals surface area contributed by atoms with Gasteiger partial charge < -0.3 is 4.74 Å². The standard InChI is InChI=1S/C10H22OP2/c1-12(2)7-5-10-11-9(12)6-8-13(10,3)4/h9-10H,5-8H2,1-4H3/q+2. The van der Waals surface area contributed by atoms with E-state index in [0.29, 0.717) is 11.7 Å². The SMILES string of the molecule is C[P+]1(C)CCC2OC1CC[P+]2(C)C. The van der Waals surface area contributed by atoms with Gasteiger partial charge in [-0.25, -0.2) is 0 Å². The highest BCUT2D eigenvalue weighted by Crippen LogP contribution is 2.72. The van der Waals surface area contributed by atoms with Gasteiger partial charge in [-0.1, -0.05) is 0 Å². The predicted molar refractivity (Wildman–Crippen MR) is 65.2 cm³/mol. The Kier molecular flexibility index (Phi) is 2.51. The number of rotatable bonds is 0. The van der Waals surface area contributed by atoms with Gasteiger partial charge in [0.2, 0.25) is 0 Å². The summed E-state index contributed by atoms with van der Waals surface area (Å²) < 4.78 is 6.25. The number of fused-ring (bicyclic) bond motifs is 2. The Labute approximate surface area is 83.3 Å². The summed E-state index contributed by atoms with van der Waals surface area (Å²) in [4.78, 5) is 0. The van der Waals surface area contributed by atoms with Gasteiger partial charge in [0.15, 0.2) is 11.7 Å². The van der Waals surface area contributed by atoms with Crippen LogP contribution in [0.2, 0.25) is 0 Å². The third-order valence-electron chi connectivity index (χ3n) is 3.78. The van der Waals surface area contributed by atoms with Crippen LogP contribution < -0.4 is 0 Å². The minimum absolute atomic E-state index is 0.666. The fourth-order valence-corrected chi connectivity index (χ4v) is 8.01. The van der Waals surface area contributed by atoms with Crippen LogP contribution in [0.25, 0.3) is 0 Å². The van der Waals surface area contributed by atoms with E-state index in [-0.39, 0.29) is 0 Å². The average Bonchev–Trinajstić information content (AvgIpc) is 2.01. The van der Waals surface area contributed by atoms with E-state index >= 15 is 0 Å². The molecule has 1 nitrogen and oxygen atoms in total. The molecule has 2 fully saturated rings. The molecule has 2 heterocycles. The van der Waals surface area contributed by atoms with Crippen LogP contribution in [0.5, 0.6) is 0 Å². The lowest BCUT2D eigenvalue weighted by Crippen LogP contribution is -2.39. The first kappa shape index (κ1) is 10.3. The topological polar surface area (TPSA) is 9.23 Å². The van der Waals surface area contributed by atoms with Crippen LogP contribution in [0.4, 0.5) is 0 Å². The first-order valence-corrected chi connectivity index (χ1v) is 11.1. The Morgan fingerprint density at radius 1 is 0.846 bits per heavy atom. The Balaban J connectivity index is 2.14. The summed E-state index contributed by atoms with van der Waals surface area (Å²) in [7, 11) is -1.39. The lowest BCUT2D eigenvalue weighted by atomic mass is 10.4. The third-order valence-corrected chi connectivity index (χ3v) is 10.5. The minimum Gasteiger partial charge on any atom is -0.306 e. The van der Waals surface area contributed by atoms with Gasteiger partial charge in [-0.05, 0) is 0 Å². The van der Waals surface area contributed by atoms with Gasteiger partial charge in [0.05, 0.1) is 39.0 Å². The molecule has 2 rings (SSSR count). The van der Waals surface area contributed by atoms with E-state index in [1.54, 1.807) is 0 Å². The molecule has 2 saturated heterocycles. The van der Waals surface area contributed by atoms with E-state index in [4.69, 9.17) is 4.74 Å². The molecule has 13 heavy (non-hydrogen) atoms. The highest BCUT2D eigenvalue weighted by molar-refractivity contribution is 7.77. The Morgan fingerprint density at radius 2 is 1.23 bits per heavy atom. The summed E-state index contributed by atoms with van der Waals surface area (Å²) in [5, 5.41) is 0. The van der Waals surface area contributed by atoms with E-state index in [1.165, 1.54) is 25.2 Å². The van der Waals surface area contributed by atoms with Crippen molar-refractivity contribution in [3.8, 4) is 0 Å². The van der Waals surface area contributed by atoms with Crippen LogP contribution in [0.3, 0.4) is 0 Å². The maximum Gasteiger partial charge on any atom is 0.174 e. The lowest BCUT2D eigenvalue weighted by molar-refractivity contribution is 0.0585. The van der Waals surface area contributed by atoms with Gasteiger partial charge in [-0.2, -0.15) is 0 Å². The van der Waals surface area contributed by atoms with Crippen molar-refractivity contribution in [1.82, 2.24) is 0 Å². The maximum atomic E-state index is 6.25. The smallest absolute Gasteiger partial charge is 0.174 e. The highest BCUT2D eigenvalue weighted by atomic mass is 31.2. The largest absolute Gasteiger partial charge is 0.306 e. The molecule has 2 unspecified atom stereocenters. The quantitative estimate of drug-likeness (QED) is 0.570. The summed E-state index contributed by atoms with van der Waals surface area (Å²) in [6.45, 7) is 9.91. The van der Waals surface area contributed by atoms with Gasteiger partial charge in [0, 0.05) is 27.4 Å². The van der Waals surface area contributed by atoms with Gasteiger partial charge in [0.1, 0.15) is 0 Å². The fourth-order valence-electron chi connectivity index (χ4n) is 2.52. The van der Waals surface area contributed by atoms with Crippen LogP contribution in [-0.4, -0.2) is 50.7 Å². The van der Waals surface area contributed by atoms with Gasteiger partial charge >= 0.3 is 0 Å². The number of ether oxygens (including phenoxy) is 1. The van der Waals surface area contributed by atoms with Crippen molar-refractivity contribution in [2.45, 2.75) is 24.5 Å². The van der Waals surface area contributed by atoms with Crippen LogP contribution >= 0.6 is 14.5 Å². The van der Waals surface area contributed by atoms with E-state index in [9.17, 15) is 0 Å². The first-order valence-electron chi connectivity index (χ1n) is 5.23. The predicted octanol–water partition coefficient (Wildman–Crippen LogP) is 3.02. The molecule has 0 spiro atoms. The molecular formula is C10H22OP2+2. The summed E-state index contributed by atoms with van der Waals surface area (Å²) >= 11 is 0. The van der Waals surface area contributed by atoms with E-state index in [0.717, 1.165) is 0 Å². The molecule has 2 aliphatic heterocycles. The summed E-state index contributed by atoms with van der Waals surface area (Å²) in [6, 6.07) is 0. The average molecular weight is 220 g/mol. The van der Waals surface area contributed by atoms with E-state index in [1.807, 2.05) is 0 Å². The molecule has 2 atom stereocenters. The summed E-state index contributed by atoms with van der Waals surface area (Å²) in [6.07, 6.45) is 5.67.